The molecule has 0 saturated heterocycles. The van der Waals surface area contributed by atoms with Gasteiger partial charge >= 0.3 is 0 Å². The molecule has 0 aromatic heterocycles. The molecular weight excluding hydrogens is 295 g/mol. The Morgan fingerprint density at radius 2 is 1.85 bits per heavy atom. The quantitative estimate of drug-likeness (QED) is 0.889. The van der Waals surface area contributed by atoms with E-state index < -0.39 is 6.10 Å². The van der Waals surface area contributed by atoms with E-state index in [4.69, 9.17) is 27.9 Å². The SMILES string of the molecule is CC(Oc1cccc(Cl)c1)C(O)Cc1ccccc1Cl. The molecule has 1 N–H and O–H groups in total. The van der Waals surface area contributed by atoms with Crippen molar-refractivity contribution in [3.63, 3.8) is 0 Å². The first kappa shape index (κ1) is 15.2. The van der Waals surface area contributed by atoms with Crippen LogP contribution in [0.4, 0.5) is 0 Å². The Morgan fingerprint density at radius 3 is 2.55 bits per heavy atom. The second kappa shape index (κ2) is 6.98. The van der Waals surface area contributed by atoms with Crippen molar-refractivity contribution < 1.29 is 9.84 Å². The van der Waals surface area contributed by atoms with Crippen LogP contribution >= 0.6 is 23.2 Å². The Bertz CT molecular complexity index is 572. The van der Waals surface area contributed by atoms with Gasteiger partial charge in [-0.15, -0.1) is 0 Å². The highest BCUT2D eigenvalue weighted by molar-refractivity contribution is 6.31. The van der Waals surface area contributed by atoms with Gasteiger partial charge in [0.25, 0.3) is 0 Å². The fraction of sp³-hybridized carbons (Fsp3) is 0.250. The van der Waals surface area contributed by atoms with Gasteiger partial charge in [-0.1, -0.05) is 47.5 Å². The summed E-state index contributed by atoms with van der Waals surface area (Å²) < 4.78 is 5.69. The van der Waals surface area contributed by atoms with Crippen molar-refractivity contribution in [1.82, 2.24) is 0 Å². The first-order valence-electron chi connectivity index (χ1n) is 6.40. The molecule has 0 aliphatic carbocycles. The highest BCUT2D eigenvalue weighted by atomic mass is 35.5. The summed E-state index contributed by atoms with van der Waals surface area (Å²) in [4.78, 5) is 0. The summed E-state index contributed by atoms with van der Waals surface area (Å²) in [6.45, 7) is 1.82. The third-order valence-corrected chi connectivity index (χ3v) is 3.65. The van der Waals surface area contributed by atoms with E-state index in [-0.39, 0.29) is 6.10 Å². The van der Waals surface area contributed by atoms with Crippen molar-refractivity contribution in [1.29, 1.82) is 0 Å². The monoisotopic (exact) mass is 310 g/mol. The molecule has 2 rings (SSSR count). The Hall–Kier alpha value is -1.22. The molecule has 0 radical (unpaired) electrons. The van der Waals surface area contributed by atoms with Crippen LogP contribution in [0.3, 0.4) is 0 Å². The lowest BCUT2D eigenvalue weighted by Crippen LogP contribution is -2.30. The van der Waals surface area contributed by atoms with Crippen LogP contribution in [0, 0.1) is 0 Å². The van der Waals surface area contributed by atoms with E-state index in [1.807, 2.05) is 43.3 Å². The van der Waals surface area contributed by atoms with Gasteiger partial charge in [0, 0.05) is 16.5 Å². The minimum absolute atomic E-state index is 0.357. The van der Waals surface area contributed by atoms with Crippen molar-refractivity contribution in [3.8, 4) is 5.75 Å². The molecule has 2 aromatic carbocycles. The fourth-order valence-corrected chi connectivity index (χ4v) is 2.28. The zero-order valence-corrected chi connectivity index (χ0v) is 12.6. The maximum absolute atomic E-state index is 10.2. The first-order valence-corrected chi connectivity index (χ1v) is 7.15. The van der Waals surface area contributed by atoms with E-state index in [0.29, 0.717) is 22.2 Å². The van der Waals surface area contributed by atoms with Crippen molar-refractivity contribution in [2.45, 2.75) is 25.6 Å². The van der Waals surface area contributed by atoms with Crippen molar-refractivity contribution >= 4 is 23.2 Å². The second-order valence-electron chi connectivity index (χ2n) is 4.64. The molecule has 0 amide bonds. The largest absolute Gasteiger partial charge is 0.488 e. The smallest absolute Gasteiger partial charge is 0.122 e. The molecular formula is C16H16Cl2O2. The predicted octanol–water partition coefficient (Wildman–Crippen LogP) is 4.36. The standard InChI is InChI=1S/C16H16Cl2O2/c1-11(20-14-7-4-6-13(17)10-14)16(19)9-12-5-2-3-8-15(12)18/h2-8,10-11,16,19H,9H2,1H3. The van der Waals surface area contributed by atoms with Crippen LogP contribution in [0.5, 0.6) is 5.75 Å². The molecule has 2 unspecified atom stereocenters. The average molecular weight is 311 g/mol. The van der Waals surface area contributed by atoms with Crippen molar-refractivity contribution in [2.75, 3.05) is 0 Å². The Kier molecular flexibility index (Phi) is 5.30. The summed E-state index contributed by atoms with van der Waals surface area (Å²) in [7, 11) is 0. The number of halogens is 2. The highest BCUT2D eigenvalue weighted by Gasteiger charge is 2.17. The third-order valence-electron chi connectivity index (χ3n) is 3.05. The van der Waals surface area contributed by atoms with Crippen LogP contribution in [-0.4, -0.2) is 17.3 Å². The lowest BCUT2D eigenvalue weighted by molar-refractivity contribution is 0.0479. The number of hydrogen-bond acceptors (Lipinski definition) is 2. The molecule has 0 fully saturated rings. The molecule has 0 aliphatic heterocycles. The fourth-order valence-electron chi connectivity index (χ4n) is 1.89. The van der Waals surface area contributed by atoms with Gasteiger partial charge in [0.2, 0.25) is 0 Å². The summed E-state index contributed by atoms with van der Waals surface area (Å²) in [5, 5.41) is 11.5. The molecule has 0 aliphatic rings. The minimum atomic E-state index is -0.645. The molecule has 2 nitrogen and oxygen atoms in total. The van der Waals surface area contributed by atoms with Crippen molar-refractivity contribution in [2.24, 2.45) is 0 Å². The molecule has 0 spiro atoms. The summed E-state index contributed by atoms with van der Waals surface area (Å²) in [5.41, 5.74) is 0.906. The molecule has 106 valence electrons. The number of aliphatic hydroxyl groups is 1. The third kappa shape index (κ3) is 4.14. The average Bonchev–Trinajstić information content (AvgIpc) is 2.41. The number of hydrogen-bond donors (Lipinski definition) is 1. The van der Waals surface area contributed by atoms with Gasteiger partial charge < -0.3 is 9.84 Å². The first-order chi connectivity index (χ1) is 9.56. The van der Waals surface area contributed by atoms with Gasteiger partial charge in [-0.2, -0.15) is 0 Å². The lowest BCUT2D eigenvalue weighted by atomic mass is 10.0. The van der Waals surface area contributed by atoms with Crippen LogP contribution in [0.25, 0.3) is 0 Å². The predicted molar refractivity (Wildman–Crippen MR) is 82.7 cm³/mol. The van der Waals surface area contributed by atoms with Crippen LogP contribution in [-0.2, 0) is 6.42 Å². The van der Waals surface area contributed by atoms with Gasteiger partial charge in [-0.3, -0.25) is 0 Å². The zero-order valence-electron chi connectivity index (χ0n) is 11.1. The Labute approximate surface area is 128 Å². The van der Waals surface area contributed by atoms with Gasteiger partial charge in [-0.05, 0) is 36.8 Å². The Morgan fingerprint density at radius 1 is 1.10 bits per heavy atom. The summed E-state index contributed by atoms with van der Waals surface area (Å²) >= 11 is 12.0. The van der Waals surface area contributed by atoms with Gasteiger partial charge in [0.1, 0.15) is 11.9 Å². The van der Waals surface area contributed by atoms with E-state index in [2.05, 4.69) is 0 Å². The number of ether oxygens (including phenoxy) is 1. The van der Waals surface area contributed by atoms with E-state index in [1.54, 1.807) is 12.1 Å². The second-order valence-corrected chi connectivity index (χ2v) is 5.49. The molecule has 2 atom stereocenters. The van der Waals surface area contributed by atoms with Gasteiger partial charge in [0.15, 0.2) is 0 Å². The summed E-state index contributed by atoms with van der Waals surface area (Å²) in [6, 6.07) is 14.6. The van der Waals surface area contributed by atoms with Crippen LogP contribution in [0.2, 0.25) is 10.0 Å². The number of rotatable bonds is 5. The van der Waals surface area contributed by atoms with Crippen LogP contribution < -0.4 is 4.74 Å². The normalized spacial score (nSPS) is 13.8. The van der Waals surface area contributed by atoms with E-state index >= 15 is 0 Å². The molecule has 0 bridgehead atoms. The Balaban J connectivity index is 1.99. The molecule has 20 heavy (non-hydrogen) atoms. The van der Waals surface area contributed by atoms with Gasteiger partial charge in [0.05, 0.1) is 6.10 Å². The number of benzene rings is 2. The molecule has 2 aromatic rings. The maximum Gasteiger partial charge on any atom is 0.122 e. The summed E-state index contributed by atoms with van der Waals surface area (Å²) in [6.07, 6.45) is -0.555. The van der Waals surface area contributed by atoms with E-state index in [0.717, 1.165) is 5.56 Å². The van der Waals surface area contributed by atoms with Crippen LogP contribution in [0.15, 0.2) is 48.5 Å². The number of aliphatic hydroxyl groups excluding tert-OH is 1. The van der Waals surface area contributed by atoms with Gasteiger partial charge in [-0.25, -0.2) is 0 Å². The minimum Gasteiger partial charge on any atom is -0.488 e. The van der Waals surface area contributed by atoms with E-state index in [1.165, 1.54) is 0 Å². The maximum atomic E-state index is 10.2. The topological polar surface area (TPSA) is 29.5 Å². The van der Waals surface area contributed by atoms with Crippen molar-refractivity contribution in [3.05, 3.63) is 64.1 Å². The molecule has 0 heterocycles. The molecule has 4 heteroatoms. The van der Waals surface area contributed by atoms with E-state index in [9.17, 15) is 5.11 Å². The zero-order chi connectivity index (χ0) is 14.5. The van der Waals surface area contributed by atoms with Crippen LogP contribution in [0.1, 0.15) is 12.5 Å². The molecule has 0 saturated carbocycles. The summed E-state index contributed by atoms with van der Waals surface area (Å²) in [5.74, 6) is 0.642. The highest BCUT2D eigenvalue weighted by Crippen LogP contribution is 2.21. The lowest BCUT2D eigenvalue weighted by Gasteiger charge is -2.21.